The molecule has 0 fully saturated rings. The maximum absolute atomic E-state index is 10.9. The molecule has 3 aromatic rings. The van der Waals surface area contributed by atoms with Crippen LogP contribution in [-0.2, 0) is 0 Å². The van der Waals surface area contributed by atoms with Gasteiger partial charge in [-0.1, -0.05) is 6.07 Å². The average molecular weight is 270 g/mol. The molecule has 1 N–H and O–H groups in total. The zero-order chi connectivity index (χ0) is 14.3. The lowest BCUT2D eigenvalue weighted by Gasteiger charge is -1.99. The number of benzene rings is 2. The summed E-state index contributed by atoms with van der Waals surface area (Å²) in [6, 6.07) is 9.38. The van der Waals surface area contributed by atoms with Crippen molar-refractivity contribution >= 4 is 16.8 Å². The van der Waals surface area contributed by atoms with E-state index in [1.54, 1.807) is 25.1 Å². The van der Waals surface area contributed by atoms with Gasteiger partial charge >= 0.3 is 0 Å². The second kappa shape index (κ2) is 4.34. The number of aromatic hydroxyl groups is 1. The molecular weight excluding hydrogens is 260 g/mol. The van der Waals surface area contributed by atoms with E-state index in [4.69, 9.17) is 4.42 Å². The van der Waals surface area contributed by atoms with E-state index in [-0.39, 0.29) is 17.3 Å². The third-order valence-electron chi connectivity index (χ3n) is 3.02. The number of aromatic nitrogens is 1. The normalized spacial score (nSPS) is 10.8. The van der Waals surface area contributed by atoms with E-state index in [2.05, 4.69) is 4.98 Å². The highest BCUT2D eigenvalue weighted by Gasteiger charge is 2.15. The van der Waals surface area contributed by atoms with Gasteiger partial charge in [-0.25, -0.2) is 4.98 Å². The monoisotopic (exact) mass is 270 g/mol. The van der Waals surface area contributed by atoms with E-state index < -0.39 is 4.92 Å². The molecule has 0 bridgehead atoms. The van der Waals surface area contributed by atoms with Crippen LogP contribution in [0.25, 0.3) is 22.6 Å². The molecule has 3 rings (SSSR count). The smallest absolute Gasteiger partial charge is 0.273 e. The second-order valence-corrected chi connectivity index (χ2v) is 4.43. The summed E-state index contributed by atoms with van der Waals surface area (Å²) in [6.45, 7) is 1.67. The molecule has 0 radical (unpaired) electrons. The predicted octanol–water partition coefficient (Wildman–Crippen LogP) is 3.42. The van der Waals surface area contributed by atoms with Crippen LogP contribution in [0.1, 0.15) is 5.56 Å². The number of aryl methyl sites for hydroxylation is 1. The van der Waals surface area contributed by atoms with Crippen molar-refractivity contribution in [2.24, 2.45) is 0 Å². The average Bonchev–Trinajstić information content (AvgIpc) is 2.81. The van der Waals surface area contributed by atoms with Crippen LogP contribution >= 0.6 is 0 Å². The Kier molecular flexibility index (Phi) is 2.64. The van der Waals surface area contributed by atoms with E-state index in [1.807, 2.05) is 0 Å². The number of phenols is 1. The Labute approximate surface area is 113 Å². The van der Waals surface area contributed by atoms with Crippen molar-refractivity contribution in [2.45, 2.75) is 6.92 Å². The Morgan fingerprint density at radius 2 is 2.05 bits per heavy atom. The van der Waals surface area contributed by atoms with E-state index in [9.17, 15) is 15.2 Å². The molecule has 0 saturated heterocycles. The molecule has 2 aromatic carbocycles. The first-order chi connectivity index (χ1) is 9.54. The fourth-order valence-corrected chi connectivity index (χ4v) is 1.98. The minimum absolute atomic E-state index is 0.0209. The molecule has 6 heteroatoms. The molecule has 1 aromatic heterocycles. The molecule has 0 atom stereocenters. The van der Waals surface area contributed by atoms with Crippen molar-refractivity contribution in [1.29, 1.82) is 0 Å². The molecule has 20 heavy (non-hydrogen) atoms. The number of hydrogen-bond donors (Lipinski definition) is 1. The molecule has 0 aliphatic rings. The molecular formula is C14H10N2O4. The molecule has 0 spiro atoms. The molecule has 0 aliphatic heterocycles. The van der Waals surface area contributed by atoms with Gasteiger partial charge in [0.25, 0.3) is 5.69 Å². The fourth-order valence-electron chi connectivity index (χ4n) is 1.98. The molecule has 0 amide bonds. The highest BCUT2D eigenvalue weighted by molar-refractivity contribution is 5.78. The van der Waals surface area contributed by atoms with E-state index in [0.29, 0.717) is 22.2 Å². The highest BCUT2D eigenvalue weighted by atomic mass is 16.6. The standard InChI is InChI=1S/C14H10N2O4/c1-8-2-3-9(6-12(8)16(18)19)14-15-11-5-4-10(17)7-13(11)20-14/h2-7,17H,1H3. The van der Waals surface area contributed by atoms with Crippen molar-refractivity contribution in [1.82, 2.24) is 4.98 Å². The van der Waals surface area contributed by atoms with Crippen molar-refractivity contribution in [3.63, 3.8) is 0 Å². The minimum Gasteiger partial charge on any atom is -0.508 e. The molecule has 0 unspecified atom stereocenters. The van der Waals surface area contributed by atoms with Gasteiger partial charge in [0.15, 0.2) is 5.58 Å². The highest BCUT2D eigenvalue weighted by Crippen LogP contribution is 2.29. The van der Waals surface area contributed by atoms with Crippen LogP contribution in [0.3, 0.4) is 0 Å². The van der Waals surface area contributed by atoms with Crippen molar-refractivity contribution in [3.05, 3.63) is 52.1 Å². The van der Waals surface area contributed by atoms with Gasteiger partial charge in [0, 0.05) is 23.3 Å². The van der Waals surface area contributed by atoms with Crippen LogP contribution in [0.4, 0.5) is 5.69 Å². The van der Waals surface area contributed by atoms with E-state index in [1.165, 1.54) is 18.2 Å². The summed E-state index contributed by atoms with van der Waals surface area (Å²) in [6.07, 6.45) is 0. The molecule has 0 saturated carbocycles. The van der Waals surface area contributed by atoms with E-state index in [0.717, 1.165) is 0 Å². The lowest BCUT2D eigenvalue weighted by Crippen LogP contribution is -1.92. The number of fused-ring (bicyclic) bond motifs is 1. The first-order valence-electron chi connectivity index (χ1n) is 5.89. The van der Waals surface area contributed by atoms with Gasteiger partial charge in [-0.05, 0) is 25.1 Å². The van der Waals surface area contributed by atoms with Gasteiger partial charge in [0.1, 0.15) is 11.3 Å². The zero-order valence-electron chi connectivity index (χ0n) is 10.5. The Morgan fingerprint density at radius 1 is 1.25 bits per heavy atom. The van der Waals surface area contributed by atoms with Gasteiger partial charge in [0.2, 0.25) is 5.89 Å². The summed E-state index contributed by atoms with van der Waals surface area (Å²) in [5.41, 5.74) is 2.14. The SMILES string of the molecule is Cc1ccc(-c2nc3ccc(O)cc3o2)cc1[N+](=O)[O-]. The maximum atomic E-state index is 10.9. The number of rotatable bonds is 2. The molecule has 0 aliphatic carbocycles. The zero-order valence-corrected chi connectivity index (χ0v) is 10.5. The van der Waals surface area contributed by atoms with Crippen LogP contribution in [0.2, 0.25) is 0 Å². The third kappa shape index (κ3) is 1.97. The van der Waals surface area contributed by atoms with Crippen LogP contribution in [-0.4, -0.2) is 15.0 Å². The summed E-state index contributed by atoms with van der Waals surface area (Å²) < 4.78 is 5.52. The minimum atomic E-state index is -0.437. The topological polar surface area (TPSA) is 89.4 Å². The number of nitrogens with zero attached hydrogens (tertiary/aromatic N) is 2. The summed E-state index contributed by atoms with van der Waals surface area (Å²) in [4.78, 5) is 14.8. The van der Waals surface area contributed by atoms with Gasteiger partial charge in [-0.2, -0.15) is 0 Å². The first-order valence-corrected chi connectivity index (χ1v) is 5.89. The molecule has 1 heterocycles. The van der Waals surface area contributed by atoms with Crippen molar-refractivity contribution < 1.29 is 14.4 Å². The van der Waals surface area contributed by atoms with Crippen LogP contribution in [0.15, 0.2) is 40.8 Å². The molecule has 6 nitrogen and oxygen atoms in total. The number of nitro groups is 1. The Morgan fingerprint density at radius 3 is 2.80 bits per heavy atom. The third-order valence-corrected chi connectivity index (χ3v) is 3.02. The number of oxazole rings is 1. The maximum Gasteiger partial charge on any atom is 0.273 e. The first kappa shape index (κ1) is 12.2. The number of phenolic OH excluding ortho intramolecular Hbond substituents is 1. The fraction of sp³-hybridized carbons (Fsp3) is 0.0714. The van der Waals surface area contributed by atoms with Crippen molar-refractivity contribution in [3.8, 4) is 17.2 Å². The quantitative estimate of drug-likeness (QED) is 0.569. The second-order valence-electron chi connectivity index (χ2n) is 4.43. The Balaban J connectivity index is 2.15. The van der Waals surface area contributed by atoms with Gasteiger partial charge in [-0.15, -0.1) is 0 Å². The Hall–Kier alpha value is -2.89. The molecule has 100 valence electrons. The number of hydrogen-bond acceptors (Lipinski definition) is 5. The van der Waals surface area contributed by atoms with E-state index >= 15 is 0 Å². The Bertz CT molecular complexity index is 823. The summed E-state index contributed by atoms with van der Waals surface area (Å²) in [5.74, 6) is 0.365. The largest absolute Gasteiger partial charge is 0.508 e. The summed E-state index contributed by atoms with van der Waals surface area (Å²) >= 11 is 0. The van der Waals surface area contributed by atoms with Gasteiger partial charge in [0.05, 0.1) is 4.92 Å². The summed E-state index contributed by atoms with van der Waals surface area (Å²) in [5, 5.41) is 20.3. The predicted molar refractivity (Wildman–Crippen MR) is 72.5 cm³/mol. The number of nitro benzene ring substituents is 1. The van der Waals surface area contributed by atoms with Crippen LogP contribution < -0.4 is 0 Å². The van der Waals surface area contributed by atoms with Crippen LogP contribution in [0, 0.1) is 17.0 Å². The van der Waals surface area contributed by atoms with Gasteiger partial charge in [-0.3, -0.25) is 10.1 Å². The van der Waals surface area contributed by atoms with Crippen molar-refractivity contribution in [2.75, 3.05) is 0 Å². The lowest BCUT2D eigenvalue weighted by molar-refractivity contribution is -0.385. The van der Waals surface area contributed by atoms with Gasteiger partial charge < -0.3 is 9.52 Å². The van der Waals surface area contributed by atoms with Crippen LogP contribution in [0.5, 0.6) is 5.75 Å². The summed E-state index contributed by atoms with van der Waals surface area (Å²) in [7, 11) is 0. The lowest BCUT2D eigenvalue weighted by atomic mass is 10.1.